The zero-order valence-electron chi connectivity index (χ0n) is 15.5. The highest BCUT2D eigenvalue weighted by Gasteiger charge is 2.21. The number of carboxylic acid groups (broad SMARTS) is 1. The van der Waals surface area contributed by atoms with Crippen molar-refractivity contribution in [2.24, 2.45) is 0 Å². The number of hydrogen-bond acceptors (Lipinski definition) is 4. The van der Waals surface area contributed by atoms with Crippen LogP contribution in [0.3, 0.4) is 0 Å². The molecule has 0 atom stereocenters. The molecule has 0 radical (unpaired) electrons. The number of aromatic carboxylic acids is 1. The molecule has 1 aliphatic rings. The van der Waals surface area contributed by atoms with Crippen LogP contribution in [0.4, 0.5) is 5.69 Å². The van der Waals surface area contributed by atoms with E-state index >= 15 is 0 Å². The lowest BCUT2D eigenvalue weighted by molar-refractivity contribution is 0.0698. The number of thiazole rings is 1. The van der Waals surface area contributed by atoms with Gasteiger partial charge in [-0.25, -0.2) is 9.78 Å². The van der Waals surface area contributed by atoms with Crippen molar-refractivity contribution in [3.05, 3.63) is 81.3 Å². The van der Waals surface area contributed by atoms with Crippen molar-refractivity contribution in [2.75, 3.05) is 5.32 Å². The summed E-state index contributed by atoms with van der Waals surface area (Å²) in [5.74, 6) is 5.24. The Bertz CT molecular complexity index is 1140. The Balaban J connectivity index is 1.50. The molecule has 5 nitrogen and oxygen atoms in total. The van der Waals surface area contributed by atoms with Crippen molar-refractivity contribution in [2.45, 2.75) is 25.2 Å². The van der Waals surface area contributed by atoms with Crippen LogP contribution >= 0.6 is 11.3 Å². The smallest absolute Gasteiger partial charge is 0.337 e. The van der Waals surface area contributed by atoms with E-state index in [0.29, 0.717) is 17.0 Å². The second kappa shape index (κ2) is 8.29. The number of nitrogens with zero attached hydrogens (tertiary/aromatic N) is 1. The molecule has 1 fully saturated rings. The van der Waals surface area contributed by atoms with Crippen LogP contribution in [-0.2, 0) is 0 Å². The third-order valence-corrected chi connectivity index (χ3v) is 5.67. The lowest BCUT2D eigenvalue weighted by Gasteiger charge is -2.22. The van der Waals surface area contributed by atoms with Crippen LogP contribution in [0.15, 0.2) is 53.9 Å². The van der Waals surface area contributed by atoms with E-state index in [1.54, 1.807) is 47.7 Å². The lowest BCUT2D eigenvalue weighted by atomic mass is 9.83. The number of amides is 1. The number of rotatable bonds is 4. The highest BCUT2D eigenvalue weighted by atomic mass is 32.1. The maximum absolute atomic E-state index is 12.6. The van der Waals surface area contributed by atoms with Gasteiger partial charge in [-0.15, -0.1) is 11.3 Å². The van der Waals surface area contributed by atoms with Gasteiger partial charge in [-0.1, -0.05) is 30.5 Å². The normalized spacial score (nSPS) is 13.1. The molecule has 1 aliphatic carbocycles. The number of aromatic nitrogens is 1. The van der Waals surface area contributed by atoms with Crippen molar-refractivity contribution < 1.29 is 14.7 Å². The van der Waals surface area contributed by atoms with Gasteiger partial charge in [-0.05, 0) is 49.1 Å². The number of carbonyl (C=O) groups is 2. The number of para-hydroxylation sites is 1. The summed E-state index contributed by atoms with van der Waals surface area (Å²) in [6.45, 7) is 0. The van der Waals surface area contributed by atoms with Crippen LogP contribution in [0.25, 0.3) is 0 Å². The van der Waals surface area contributed by atoms with E-state index in [9.17, 15) is 14.7 Å². The summed E-state index contributed by atoms with van der Waals surface area (Å²) in [6, 6.07) is 13.2. The topological polar surface area (TPSA) is 79.3 Å². The molecule has 1 saturated carbocycles. The van der Waals surface area contributed by atoms with Gasteiger partial charge in [-0.2, -0.15) is 0 Å². The first kappa shape index (κ1) is 18.9. The quantitative estimate of drug-likeness (QED) is 0.617. The maximum atomic E-state index is 12.6. The summed E-state index contributed by atoms with van der Waals surface area (Å²) >= 11 is 1.54. The molecule has 0 bridgehead atoms. The Labute approximate surface area is 172 Å². The van der Waals surface area contributed by atoms with Gasteiger partial charge in [0, 0.05) is 22.4 Å². The predicted octanol–water partition coefficient (Wildman–Crippen LogP) is 4.76. The summed E-state index contributed by atoms with van der Waals surface area (Å²) in [5.41, 5.74) is 2.54. The minimum Gasteiger partial charge on any atom is -0.478 e. The first-order chi connectivity index (χ1) is 14.1. The molecule has 2 aromatic carbocycles. The zero-order chi connectivity index (χ0) is 20.2. The predicted molar refractivity (Wildman–Crippen MR) is 112 cm³/mol. The highest BCUT2D eigenvalue weighted by Crippen LogP contribution is 2.36. The van der Waals surface area contributed by atoms with Gasteiger partial charge in [0.05, 0.1) is 16.9 Å². The SMILES string of the molecule is O=C(Nc1ccccc1C(=O)O)c1cccc(C#Cc2nc(C3CCC3)cs2)c1. The summed E-state index contributed by atoms with van der Waals surface area (Å²) in [5, 5.41) is 14.8. The largest absolute Gasteiger partial charge is 0.478 e. The fraction of sp³-hybridized carbons (Fsp3) is 0.174. The van der Waals surface area contributed by atoms with E-state index in [1.807, 2.05) is 6.07 Å². The third-order valence-electron chi connectivity index (χ3n) is 4.89. The van der Waals surface area contributed by atoms with Gasteiger partial charge < -0.3 is 10.4 Å². The molecular weight excluding hydrogens is 384 g/mol. The summed E-state index contributed by atoms with van der Waals surface area (Å²) < 4.78 is 0. The van der Waals surface area contributed by atoms with Crippen molar-refractivity contribution >= 4 is 28.9 Å². The first-order valence-electron chi connectivity index (χ1n) is 9.31. The van der Waals surface area contributed by atoms with E-state index in [0.717, 1.165) is 10.7 Å². The van der Waals surface area contributed by atoms with Gasteiger partial charge >= 0.3 is 5.97 Å². The Hall–Kier alpha value is -3.43. The fourth-order valence-electron chi connectivity index (χ4n) is 3.07. The molecule has 0 aliphatic heterocycles. The first-order valence-corrected chi connectivity index (χ1v) is 10.2. The van der Waals surface area contributed by atoms with Crippen LogP contribution in [0.5, 0.6) is 0 Å². The molecule has 144 valence electrons. The van der Waals surface area contributed by atoms with E-state index in [1.165, 1.54) is 25.3 Å². The van der Waals surface area contributed by atoms with Gasteiger partial charge in [0.2, 0.25) is 0 Å². The molecule has 1 heterocycles. The lowest BCUT2D eigenvalue weighted by Crippen LogP contribution is -2.14. The molecule has 0 unspecified atom stereocenters. The molecule has 3 aromatic rings. The number of benzene rings is 2. The Morgan fingerprint density at radius 1 is 1.10 bits per heavy atom. The number of anilines is 1. The molecule has 4 rings (SSSR count). The summed E-state index contributed by atoms with van der Waals surface area (Å²) in [4.78, 5) is 28.5. The maximum Gasteiger partial charge on any atom is 0.337 e. The second-order valence-corrected chi connectivity index (χ2v) is 7.70. The minimum atomic E-state index is -1.09. The second-order valence-electron chi connectivity index (χ2n) is 6.84. The van der Waals surface area contributed by atoms with Crippen molar-refractivity contribution in [1.82, 2.24) is 4.98 Å². The van der Waals surface area contributed by atoms with Crippen LogP contribution in [0.2, 0.25) is 0 Å². The number of carboxylic acids is 1. The molecular formula is C23H18N2O3S. The van der Waals surface area contributed by atoms with Crippen molar-refractivity contribution in [1.29, 1.82) is 0 Å². The molecule has 0 spiro atoms. The Kier molecular flexibility index (Phi) is 5.41. The highest BCUT2D eigenvalue weighted by molar-refractivity contribution is 7.10. The van der Waals surface area contributed by atoms with Gasteiger partial charge in [0.1, 0.15) is 0 Å². The molecule has 1 aromatic heterocycles. The monoisotopic (exact) mass is 402 g/mol. The Morgan fingerprint density at radius 2 is 1.93 bits per heavy atom. The molecule has 0 saturated heterocycles. The van der Waals surface area contributed by atoms with Crippen molar-refractivity contribution in [3.63, 3.8) is 0 Å². The van der Waals surface area contributed by atoms with Gasteiger partial charge in [-0.3, -0.25) is 4.79 Å². The summed E-state index contributed by atoms with van der Waals surface area (Å²) in [6.07, 6.45) is 3.69. The van der Waals surface area contributed by atoms with Crippen LogP contribution in [0, 0.1) is 11.8 Å². The minimum absolute atomic E-state index is 0.0443. The van der Waals surface area contributed by atoms with Crippen LogP contribution < -0.4 is 5.32 Å². The molecule has 6 heteroatoms. The molecule has 1 amide bonds. The standard InChI is InChI=1S/C23H18N2O3S/c26-22(25-19-10-2-1-9-18(19)23(27)28)17-8-3-5-15(13-17)11-12-21-24-20(14-29-21)16-6-4-7-16/h1-3,5,8-10,13-14,16H,4,6-7H2,(H,25,26)(H,27,28). The zero-order valence-corrected chi connectivity index (χ0v) is 16.3. The van der Waals surface area contributed by atoms with E-state index < -0.39 is 5.97 Å². The van der Waals surface area contributed by atoms with E-state index in [4.69, 9.17) is 0 Å². The molecule has 29 heavy (non-hydrogen) atoms. The summed E-state index contributed by atoms with van der Waals surface area (Å²) in [7, 11) is 0. The van der Waals surface area contributed by atoms with Crippen LogP contribution in [-0.4, -0.2) is 22.0 Å². The van der Waals surface area contributed by atoms with Crippen LogP contribution in [0.1, 0.15) is 62.2 Å². The average molecular weight is 402 g/mol. The average Bonchev–Trinajstić information content (AvgIpc) is 3.14. The third kappa shape index (κ3) is 4.36. The van der Waals surface area contributed by atoms with Gasteiger partial charge in [0.25, 0.3) is 5.91 Å². The van der Waals surface area contributed by atoms with E-state index in [-0.39, 0.29) is 17.2 Å². The fourth-order valence-corrected chi connectivity index (χ4v) is 3.82. The molecule has 2 N–H and O–H groups in total. The number of carbonyl (C=O) groups excluding carboxylic acids is 1. The van der Waals surface area contributed by atoms with Gasteiger partial charge in [0.15, 0.2) is 5.01 Å². The Morgan fingerprint density at radius 3 is 2.69 bits per heavy atom. The van der Waals surface area contributed by atoms with Crippen molar-refractivity contribution in [3.8, 4) is 11.8 Å². The number of nitrogens with one attached hydrogen (secondary N) is 1. The number of hydrogen-bond donors (Lipinski definition) is 2. The van der Waals surface area contributed by atoms with E-state index in [2.05, 4.69) is 27.5 Å².